The van der Waals surface area contributed by atoms with Crippen LogP contribution in [-0.2, 0) is 4.79 Å². The van der Waals surface area contributed by atoms with Crippen LogP contribution in [0.4, 0.5) is 10.5 Å². The molecule has 0 aromatic heterocycles. The molecule has 0 spiro atoms. The molecule has 0 fully saturated rings. The van der Waals surface area contributed by atoms with Crippen LogP contribution in [0.15, 0.2) is 24.3 Å². The van der Waals surface area contributed by atoms with Gasteiger partial charge in [0.2, 0.25) is 0 Å². The van der Waals surface area contributed by atoms with E-state index in [0.717, 1.165) is 6.42 Å². The molecule has 6 nitrogen and oxygen atoms in total. The van der Waals surface area contributed by atoms with Crippen LogP contribution in [0.1, 0.15) is 31.7 Å². The molecule has 0 aliphatic carbocycles. The van der Waals surface area contributed by atoms with Gasteiger partial charge in [-0.1, -0.05) is 25.5 Å². The predicted octanol–water partition coefficient (Wildman–Crippen LogP) is 2.35. The number of amides is 2. The highest BCUT2D eigenvalue weighted by Gasteiger charge is 2.19. The molecule has 0 aliphatic rings. The third kappa shape index (κ3) is 4.80. The van der Waals surface area contributed by atoms with Crippen LogP contribution in [0.2, 0.25) is 0 Å². The van der Waals surface area contributed by atoms with Gasteiger partial charge in [0.1, 0.15) is 6.07 Å². The minimum Gasteiger partial charge on any atom is -0.481 e. The summed E-state index contributed by atoms with van der Waals surface area (Å²) >= 11 is 0. The first-order valence-corrected chi connectivity index (χ1v) is 6.74. The first-order valence-electron chi connectivity index (χ1n) is 6.74. The average Bonchev–Trinajstić information content (AvgIpc) is 2.45. The summed E-state index contributed by atoms with van der Waals surface area (Å²) in [5.74, 6) is -0.950. The molecule has 1 atom stereocenters. The zero-order chi connectivity index (χ0) is 15.8. The first kappa shape index (κ1) is 16.5. The van der Waals surface area contributed by atoms with Gasteiger partial charge in [-0.25, -0.2) is 4.79 Å². The maximum absolute atomic E-state index is 12.2. The monoisotopic (exact) mass is 289 g/mol. The van der Waals surface area contributed by atoms with Gasteiger partial charge in [-0.15, -0.1) is 0 Å². The van der Waals surface area contributed by atoms with Crippen molar-refractivity contribution < 1.29 is 14.7 Å². The molecule has 21 heavy (non-hydrogen) atoms. The van der Waals surface area contributed by atoms with Crippen LogP contribution in [0.3, 0.4) is 0 Å². The van der Waals surface area contributed by atoms with E-state index in [-0.39, 0.29) is 6.42 Å². The minimum atomic E-state index is -0.950. The Morgan fingerprint density at radius 3 is 2.67 bits per heavy atom. The van der Waals surface area contributed by atoms with E-state index >= 15 is 0 Å². The Balaban J connectivity index is 2.82. The lowest BCUT2D eigenvalue weighted by atomic mass is 10.1. The van der Waals surface area contributed by atoms with Gasteiger partial charge < -0.3 is 10.4 Å². The van der Waals surface area contributed by atoms with Gasteiger partial charge in [0.25, 0.3) is 0 Å². The topological polar surface area (TPSA) is 93.4 Å². The normalized spacial score (nSPS) is 11.3. The summed E-state index contributed by atoms with van der Waals surface area (Å²) in [5, 5.41) is 20.6. The van der Waals surface area contributed by atoms with Crippen molar-refractivity contribution in [2.45, 2.75) is 32.2 Å². The van der Waals surface area contributed by atoms with Crippen molar-refractivity contribution in [2.24, 2.45) is 0 Å². The van der Waals surface area contributed by atoms with Gasteiger partial charge in [0.05, 0.1) is 17.7 Å². The third-order valence-electron chi connectivity index (χ3n) is 3.08. The fourth-order valence-corrected chi connectivity index (χ4v) is 2.03. The van der Waals surface area contributed by atoms with E-state index in [1.54, 1.807) is 31.3 Å². The van der Waals surface area contributed by atoms with Crippen molar-refractivity contribution in [3.63, 3.8) is 0 Å². The number of aliphatic carboxylic acids is 1. The number of carbonyl (C=O) groups is 2. The lowest BCUT2D eigenvalue weighted by molar-refractivity contribution is -0.137. The first-order chi connectivity index (χ1) is 9.99. The van der Waals surface area contributed by atoms with Crippen LogP contribution in [0.5, 0.6) is 0 Å². The number of carboxylic acids is 1. The van der Waals surface area contributed by atoms with Crippen molar-refractivity contribution in [1.82, 2.24) is 5.32 Å². The number of carboxylic acid groups (broad SMARTS) is 1. The van der Waals surface area contributed by atoms with E-state index in [1.807, 2.05) is 13.0 Å². The number of anilines is 1. The lowest BCUT2D eigenvalue weighted by Crippen LogP contribution is -2.44. The molecular weight excluding hydrogens is 270 g/mol. The van der Waals surface area contributed by atoms with Gasteiger partial charge in [-0.05, 0) is 18.6 Å². The minimum absolute atomic E-state index is 0.118. The molecule has 0 saturated carbocycles. The SMILES string of the molecule is CCCC(CC(=O)O)NC(=O)N(C)c1ccccc1C#N. The second kappa shape index (κ2) is 7.90. The van der Waals surface area contributed by atoms with E-state index in [0.29, 0.717) is 17.7 Å². The molecule has 112 valence electrons. The molecule has 0 saturated heterocycles. The highest BCUT2D eigenvalue weighted by Crippen LogP contribution is 2.18. The highest BCUT2D eigenvalue weighted by atomic mass is 16.4. The zero-order valence-electron chi connectivity index (χ0n) is 12.2. The van der Waals surface area contributed by atoms with Crippen LogP contribution in [-0.4, -0.2) is 30.2 Å². The van der Waals surface area contributed by atoms with E-state index in [9.17, 15) is 9.59 Å². The summed E-state index contributed by atoms with van der Waals surface area (Å²) in [7, 11) is 1.55. The Morgan fingerprint density at radius 2 is 2.10 bits per heavy atom. The smallest absolute Gasteiger partial charge is 0.321 e. The van der Waals surface area contributed by atoms with Crippen molar-refractivity contribution >= 4 is 17.7 Å². The molecule has 0 radical (unpaired) electrons. The Kier molecular flexibility index (Phi) is 6.21. The molecule has 0 bridgehead atoms. The van der Waals surface area contributed by atoms with Gasteiger partial charge in [0.15, 0.2) is 0 Å². The molecule has 1 unspecified atom stereocenters. The summed E-state index contributed by atoms with van der Waals surface area (Å²) < 4.78 is 0. The molecule has 0 heterocycles. The second-order valence-electron chi connectivity index (χ2n) is 4.72. The summed E-state index contributed by atoms with van der Waals surface area (Å²) in [5.41, 5.74) is 0.878. The van der Waals surface area contributed by atoms with E-state index in [4.69, 9.17) is 10.4 Å². The average molecular weight is 289 g/mol. The van der Waals surface area contributed by atoms with Crippen LogP contribution >= 0.6 is 0 Å². The summed E-state index contributed by atoms with van der Waals surface area (Å²) in [4.78, 5) is 24.3. The summed E-state index contributed by atoms with van der Waals surface area (Å²) in [6, 6.07) is 7.94. The number of urea groups is 1. The van der Waals surface area contributed by atoms with Crippen LogP contribution in [0, 0.1) is 11.3 Å². The number of hydrogen-bond donors (Lipinski definition) is 2. The fraction of sp³-hybridized carbons (Fsp3) is 0.400. The quantitative estimate of drug-likeness (QED) is 0.840. The molecular formula is C15H19N3O3. The largest absolute Gasteiger partial charge is 0.481 e. The fourth-order valence-electron chi connectivity index (χ4n) is 2.03. The van der Waals surface area contributed by atoms with Gasteiger partial charge >= 0.3 is 12.0 Å². The molecule has 1 rings (SSSR count). The van der Waals surface area contributed by atoms with Crippen molar-refractivity contribution in [3.8, 4) is 6.07 Å². The van der Waals surface area contributed by atoms with E-state index in [1.165, 1.54) is 4.90 Å². The number of nitriles is 1. The Hall–Kier alpha value is -2.55. The molecule has 2 amide bonds. The van der Waals surface area contributed by atoms with Gasteiger partial charge in [-0.3, -0.25) is 9.69 Å². The Morgan fingerprint density at radius 1 is 1.43 bits per heavy atom. The van der Waals surface area contributed by atoms with Crippen LogP contribution in [0.25, 0.3) is 0 Å². The standard InChI is InChI=1S/C15H19N3O3/c1-3-6-12(9-14(19)20)17-15(21)18(2)13-8-5-4-7-11(13)10-16/h4-5,7-8,12H,3,6,9H2,1-2H3,(H,17,21)(H,19,20). The predicted molar refractivity (Wildman–Crippen MR) is 79.0 cm³/mol. The Labute approximate surface area is 124 Å². The second-order valence-corrected chi connectivity index (χ2v) is 4.72. The number of nitrogens with one attached hydrogen (secondary N) is 1. The number of carbonyl (C=O) groups excluding carboxylic acids is 1. The highest BCUT2D eigenvalue weighted by molar-refractivity contribution is 5.93. The Bertz CT molecular complexity index is 551. The zero-order valence-corrected chi connectivity index (χ0v) is 12.2. The molecule has 6 heteroatoms. The van der Waals surface area contributed by atoms with Crippen molar-refractivity contribution in [2.75, 3.05) is 11.9 Å². The third-order valence-corrected chi connectivity index (χ3v) is 3.08. The summed E-state index contributed by atoms with van der Waals surface area (Å²) in [6.45, 7) is 1.93. The molecule has 0 aliphatic heterocycles. The molecule has 2 N–H and O–H groups in total. The number of hydrogen-bond acceptors (Lipinski definition) is 3. The van der Waals surface area contributed by atoms with Gasteiger partial charge in [0, 0.05) is 13.1 Å². The number of rotatable bonds is 6. The maximum Gasteiger partial charge on any atom is 0.321 e. The van der Waals surface area contributed by atoms with Crippen molar-refractivity contribution in [3.05, 3.63) is 29.8 Å². The summed E-state index contributed by atoms with van der Waals surface area (Å²) in [6.07, 6.45) is 1.25. The van der Waals surface area contributed by atoms with E-state index in [2.05, 4.69) is 5.32 Å². The molecule has 1 aromatic carbocycles. The van der Waals surface area contributed by atoms with Crippen molar-refractivity contribution in [1.29, 1.82) is 5.26 Å². The van der Waals surface area contributed by atoms with E-state index < -0.39 is 18.0 Å². The van der Waals surface area contributed by atoms with Gasteiger partial charge in [-0.2, -0.15) is 5.26 Å². The number of benzene rings is 1. The van der Waals surface area contributed by atoms with Crippen LogP contribution < -0.4 is 10.2 Å². The number of nitrogens with zero attached hydrogens (tertiary/aromatic N) is 2. The maximum atomic E-state index is 12.2. The lowest BCUT2D eigenvalue weighted by Gasteiger charge is -2.23. The number of para-hydroxylation sites is 1. The molecule has 1 aromatic rings.